The predicted octanol–water partition coefficient (Wildman–Crippen LogP) is 2.85. The molecule has 0 aromatic heterocycles. The van der Waals surface area contributed by atoms with Gasteiger partial charge in [-0.25, -0.2) is 4.39 Å². The van der Waals surface area contributed by atoms with Crippen LogP contribution in [0.25, 0.3) is 0 Å². The average molecular weight is 378 g/mol. The number of hydrogen-bond acceptors (Lipinski definition) is 3. The lowest BCUT2D eigenvalue weighted by Gasteiger charge is -2.19. The minimum absolute atomic E-state index is 0. The number of benzene rings is 2. The fourth-order valence-electron chi connectivity index (χ4n) is 2.85. The van der Waals surface area contributed by atoms with E-state index >= 15 is 0 Å². The van der Waals surface area contributed by atoms with E-state index in [0.29, 0.717) is 29.7 Å². The normalized spacial score (nSPS) is 12.6. The Morgan fingerprint density at radius 3 is 2.38 bits per heavy atom. The first-order chi connectivity index (χ1) is 12.0. The summed E-state index contributed by atoms with van der Waals surface area (Å²) in [7, 11) is 3.33. The molecule has 0 spiro atoms. The van der Waals surface area contributed by atoms with Gasteiger partial charge in [0.2, 0.25) is 0 Å². The van der Waals surface area contributed by atoms with Crippen LogP contribution >= 0.6 is 12.4 Å². The van der Waals surface area contributed by atoms with Gasteiger partial charge in [0.1, 0.15) is 5.82 Å². The number of nitrogens with zero attached hydrogens (tertiary/aromatic N) is 1. The van der Waals surface area contributed by atoms with Crippen molar-refractivity contribution in [2.45, 2.75) is 13.0 Å². The Labute approximate surface area is 158 Å². The van der Waals surface area contributed by atoms with Gasteiger partial charge in [-0.2, -0.15) is 0 Å². The highest BCUT2D eigenvalue weighted by Gasteiger charge is 2.18. The molecule has 0 atom stereocenters. The topological polar surface area (TPSA) is 61.4 Å². The van der Waals surface area contributed by atoms with Gasteiger partial charge in [-0.3, -0.25) is 9.59 Å². The quantitative estimate of drug-likeness (QED) is 0.864. The first-order valence-electron chi connectivity index (χ1n) is 8.11. The molecule has 3 rings (SSSR count). The highest BCUT2D eigenvalue weighted by atomic mass is 35.5. The second-order valence-electron chi connectivity index (χ2n) is 6.22. The van der Waals surface area contributed by atoms with Crippen LogP contribution in [-0.4, -0.2) is 37.4 Å². The Morgan fingerprint density at radius 1 is 1.08 bits per heavy atom. The third-order valence-electron chi connectivity index (χ3n) is 4.26. The van der Waals surface area contributed by atoms with E-state index < -0.39 is 5.91 Å². The summed E-state index contributed by atoms with van der Waals surface area (Å²) < 4.78 is 14.6. The van der Waals surface area contributed by atoms with Gasteiger partial charge in [-0.15, -0.1) is 12.4 Å². The summed E-state index contributed by atoms with van der Waals surface area (Å²) >= 11 is 0. The van der Waals surface area contributed by atoms with Gasteiger partial charge in [-0.1, -0.05) is 6.07 Å². The third kappa shape index (κ3) is 4.03. The molecule has 2 aromatic rings. The van der Waals surface area contributed by atoms with Crippen molar-refractivity contribution in [1.82, 2.24) is 10.2 Å². The smallest absolute Gasteiger partial charge is 0.255 e. The summed E-state index contributed by atoms with van der Waals surface area (Å²) in [6, 6.07) is 9.72. The average Bonchev–Trinajstić information content (AvgIpc) is 2.63. The number of carbonyl (C=O) groups excluding carboxylic acids is 2. The molecular weight excluding hydrogens is 357 g/mol. The van der Waals surface area contributed by atoms with Crippen LogP contribution in [0.3, 0.4) is 0 Å². The molecule has 26 heavy (non-hydrogen) atoms. The maximum absolute atomic E-state index is 14.6. The van der Waals surface area contributed by atoms with Gasteiger partial charge in [0.05, 0.1) is 5.69 Å². The summed E-state index contributed by atoms with van der Waals surface area (Å²) in [6.45, 7) is 1.37. The van der Waals surface area contributed by atoms with Crippen molar-refractivity contribution in [2.75, 3.05) is 26.0 Å². The fourth-order valence-corrected chi connectivity index (χ4v) is 2.85. The summed E-state index contributed by atoms with van der Waals surface area (Å²) in [5, 5.41) is 5.81. The minimum atomic E-state index is -0.406. The predicted molar refractivity (Wildman–Crippen MR) is 101 cm³/mol. The third-order valence-corrected chi connectivity index (χ3v) is 4.26. The standard InChI is InChI=1S/C19H20FN3O2.ClH/c1-23(2)19(25)13-5-3-12(4-6-13)18(24)22-16-8-7-14-11-21-10-9-15(14)17(16)20;/h3-8,21H,9-11H2,1-2H3,(H,22,24);1H. The number of amides is 2. The number of carbonyl (C=O) groups is 2. The summed E-state index contributed by atoms with van der Waals surface area (Å²) in [6.07, 6.45) is 0.603. The second kappa shape index (κ2) is 8.29. The number of nitrogens with one attached hydrogen (secondary N) is 2. The van der Waals surface area contributed by atoms with Gasteiger partial charge < -0.3 is 15.5 Å². The molecule has 0 bridgehead atoms. The molecular formula is C19H21ClFN3O2. The van der Waals surface area contributed by atoms with Gasteiger partial charge in [0.25, 0.3) is 11.8 Å². The van der Waals surface area contributed by atoms with E-state index in [1.165, 1.54) is 4.90 Å². The van der Waals surface area contributed by atoms with Crippen molar-refractivity contribution in [3.63, 3.8) is 0 Å². The number of fused-ring (bicyclic) bond motifs is 1. The number of anilines is 1. The Bertz CT molecular complexity index is 822. The lowest BCUT2D eigenvalue weighted by molar-refractivity contribution is 0.0827. The van der Waals surface area contributed by atoms with E-state index in [1.54, 1.807) is 44.4 Å². The highest BCUT2D eigenvalue weighted by Crippen LogP contribution is 2.25. The Kier molecular flexibility index (Phi) is 6.34. The van der Waals surface area contributed by atoms with Crippen LogP contribution in [0.4, 0.5) is 10.1 Å². The van der Waals surface area contributed by atoms with E-state index in [1.807, 2.05) is 6.07 Å². The monoisotopic (exact) mass is 377 g/mol. The van der Waals surface area contributed by atoms with Crippen LogP contribution in [0, 0.1) is 5.82 Å². The van der Waals surface area contributed by atoms with Gasteiger partial charge in [-0.05, 0) is 54.4 Å². The zero-order chi connectivity index (χ0) is 18.0. The van der Waals surface area contributed by atoms with E-state index in [9.17, 15) is 14.0 Å². The molecule has 2 amide bonds. The summed E-state index contributed by atoms with van der Waals surface area (Å²) in [4.78, 5) is 25.7. The van der Waals surface area contributed by atoms with Crippen molar-refractivity contribution in [3.8, 4) is 0 Å². The molecule has 0 fully saturated rings. The molecule has 0 unspecified atom stereocenters. The molecule has 2 N–H and O–H groups in total. The lowest BCUT2D eigenvalue weighted by Crippen LogP contribution is -2.25. The Hall–Kier alpha value is -2.44. The molecule has 1 heterocycles. The van der Waals surface area contributed by atoms with Crippen LogP contribution in [0.2, 0.25) is 0 Å². The first kappa shape index (κ1) is 19.9. The van der Waals surface area contributed by atoms with Crippen LogP contribution in [0.15, 0.2) is 36.4 Å². The zero-order valence-corrected chi connectivity index (χ0v) is 15.5. The fraction of sp³-hybridized carbons (Fsp3) is 0.263. The summed E-state index contributed by atoms with van der Waals surface area (Å²) in [5.74, 6) is -0.912. The molecule has 2 aromatic carbocycles. The molecule has 0 aliphatic carbocycles. The SMILES string of the molecule is CN(C)C(=O)c1ccc(C(=O)Nc2ccc3c(c2F)CCNC3)cc1.Cl. The van der Waals surface area contributed by atoms with Crippen molar-refractivity contribution in [3.05, 3.63) is 64.5 Å². The molecule has 138 valence electrons. The Morgan fingerprint density at radius 2 is 1.73 bits per heavy atom. The van der Waals surface area contributed by atoms with Crippen LogP contribution in [0.5, 0.6) is 0 Å². The van der Waals surface area contributed by atoms with E-state index in [2.05, 4.69) is 10.6 Å². The highest BCUT2D eigenvalue weighted by molar-refractivity contribution is 6.05. The molecule has 1 aliphatic rings. The van der Waals surface area contributed by atoms with Gasteiger partial charge >= 0.3 is 0 Å². The maximum Gasteiger partial charge on any atom is 0.255 e. The van der Waals surface area contributed by atoms with Crippen LogP contribution in [-0.2, 0) is 13.0 Å². The van der Waals surface area contributed by atoms with Crippen LogP contribution < -0.4 is 10.6 Å². The van der Waals surface area contributed by atoms with E-state index in [-0.39, 0.29) is 29.8 Å². The number of hydrogen-bond donors (Lipinski definition) is 2. The minimum Gasteiger partial charge on any atom is -0.345 e. The maximum atomic E-state index is 14.6. The van der Waals surface area contributed by atoms with Crippen molar-refractivity contribution in [1.29, 1.82) is 0 Å². The van der Waals surface area contributed by atoms with Gasteiger partial charge in [0, 0.05) is 31.8 Å². The first-order valence-corrected chi connectivity index (χ1v) is 8.11. The van der Waals surface area contributed by atoms with Crippen molar-refractivity contribution >= 4 is 29.9 Å². The molecule has 0 saturated heterocycles. The Balaban J connectivity index is 0.00000243. The largest absolute Gasteiger partial charge is 0.345 e. The van der Waals surface area contributed by atoms with Crippen molar-refractivity contribution in [2.24, 2.45) is 0 Å². The van der Waals surface area contributed by atoms with E-state index in [0.717, 1.165) is 12.1 Å². The molecule has 7 heteroatoms. The molecule has 1 aliphatic heterocycles. The molecule has 5 nitrogen and oxygen atoms in total. The van der Waals surface area contributed by atoms with Crippen molar-refractivity contribution < 1.29 is 14.0 Å². The summed E-state index contributed by atoms with van der Waals surface area (Å²) in [5.41, 5.74) is 2.62. The lowest BCUT2D eigenvalue weighted by atomic mass is 9.99. The van der Waals surface area contributed by atoms with Crippen LogP contribution in [0.1, 0.15) is 31.8 Å². The molecule has 0 radical (unpaired) electrons. The van der Waals surface area contributed by atoms with E-state index in [4.69, 9.17) is 0 Å². The number of rotatable bonds is 3. The molecule has 0 saturated carbocycles. The second-order valence-corrected chi connectivity index (χ2v) is 6.22. The van der Waals surface area contributed by atoms with Gasteiger partial charge in [0.15, 0.2) is 0 Å². The number of halogens is 2. The zero-order valence-electron chi connectivity index (χ0n) is 14.6.